The molecule has 13 heavy (non-hydrogen) atoms. The third kappa shape index (κ3) is 3.45. The van der Waals surface area contributed by atoms with E-state index < -0.39 is 0 Å². The standard InChI is InChI=1S/C13H18/c1-3-12(4-2)10-11-13-8-6-5-7-9-13/h3,5-9H,4,10-11H2,1-2H3/b12-3+. The first-order valence-electron chi connectivity index (χ1n) is 5.04. The Morgan fingerprint density at radius 3 is 2.46 bits per heavy atom. The molecule has 0 aliphatic rings. The van der Waals surface area contributed by atoms with Crippen molar-refractivity contribution in [3.63, 3.8) is 0 Å². The first-order chi connectivity index (χ1) is 6.36. The van der Waals surface area contributed by atoms with Crippen molar-refractivity contribution in [2.45, 2.75) is 33.1 Å². The van der Waals surface area contributed by atoms with Crippen LogP contribution in [-0.2, 0) is 6.42 Å². The van der Waals surface area contributed by atoms with Crippen LogP contribution in [0.4, 0.5) is 0 Å². The van der Waals surface area contributed by atoms with Gasteiger partial charge in [0.05, 0.1) is 0 Å². The maximum absolute atomic E-state index is 2.24. The predicted molar refractivity (Wildman–Crippen MR) is 58.8 cm³/mol. The minimum Gasteiger partial charge on any atom is -0.0885 e. The minimum absolute atomic E-state index is 1.17. The summed E-state index contributed by atoms with van der Waals surface area (Å²) in [6.07, 6.45) is 5.80. The molecule has 0 unspecified atom stereocenters. The van der Waals surface area contributed by atoms with Gasteiger partial charge in [0.15, 0.2) is 0 Å². The molecular formula is C13H18. The lowest BCUT2D eigenvalue weighted by molar-refractivity contribution is 0.882. The van der Waals surface area contributed by atoms with Crippen molar-refractivity contribution in [3.05, 3.63) is 47.5 Å². The van der Waals surface area contributed by atoms with Crippen molar-refractivity contribution >= 4 is 0 Å². The number of aryl methyl sites for hydroxylation is 1. The number of hydrogen-bond acceptors (Lipinski definition) is 0. The summed E-state index contributed by atoms with van der Waals surface area (Å²) in [6, 6.07) is 10.7. The molecule has 0 fully saturated rings. The van der Waals surface area contributed by atoms with Gasteiger partial charge in [-0.15, -0.1) is 0 Å². The minimum atomic E-state index is 1.17. The Balaban J connectivity index is 2.43. The van der Waals surface area contributed by atoms with Crippen molar-refractivity contribution in [2.24, 2.45) is 0 Å². The summed E-state index contributed by atoms with van der Waals surface area (Å²) in [5, 5.41) is 0. The monoisotopic (exact) mass is 174 g/mol. The Bertz CT molecular complexity index is 257. The fourth-order valence-electron chi connectivity index (χ4n) is 1.47. The lowest BCUT2D eigenvalue weighted by Gasteiger charge is -2.03. The molecule has 0 amide bonds. The Kier molecular flexibility index (Phi) is 4.31. The van der Waals surface area contributed by atoms with Crippen molar-refractivity contribution in [1.29, 1.82) is 0 Å². The summed E-state index contributed by atoms with van der Waals surface area (Å²) in [5.41, 5.74) is 3.00. The lowest BCUT2D eigenvalue weighted by Crippen LogP contribution is -1.87. The second-order valence-corrected chi connectivity index (χ2v) is 3.29. The summed E-state index contributed by atoms with van der Waals surface area (Å²) < 4.78 is 0. The highest BCUT2D eigenvalue weighted by molar-refractivity contribution is 5.16. The molecule has 0 saturated heterocycles. The van der Waals surface area contributed by atoms with Crippen LogP contribution in [0.3, 0.4) is 0 Å². The molecule has 0 nitrogen and oxygen atoms in total. The second kappa shape index (κ2) is 5.58. The molecule has 1 aromatic rings. The first-order valence-corrected chi connectivity index (χ1v) is 5.04. The van der Waals surface area contributed by atoms with Crippen LogP contribution in [0.2, 0.25) is 0 Å². The topological polar surface area (TPSA) is 0 Å². The van der Waals surface area contributed by atoms with Crippen LogP contribution in [0.25, 0.3) is 0 Å². The van der Waals surface area contributed by atoms with Crippen molar-refractivity contribution < 1.29 is 0 Å². The molecule has 0 bridgehead atoms. The highest BCUT2D eigenvalue weighted by Crippen LogP contribution is 2.11. The van der Waals surface area contributed by atoms with Crippen molar-refractivity contribution in [2.75, 3.05) is 0 Å². The molecule has 0 aliphatic heterocycles. The molecule has 0 radical (unpaired) electrons. The lowest BCUT2D eigenvalue weighted by atomic mass is 10.0. The van der Waals surface area contributed by atoms with Gasteiger partial charge in [0.25, 0.3) is 0 Å². The fraction of sp³-hybridized carbons (Fsp3) is 0.385. The average molecular weight is 174 g/mol. The average Bonchev–Trinajstić information content (AvgIpc) is 2.21. The van der Waals surface area contributed by atoms with Crippen LogP contribution < -0.4 is 0 Å². The first kappa shape index (κ1) is 10.0. The molecule has 0 aliphatic carbocycles. The number of benzene rings is 1. The van der Waals surface area contributed by atoms with E-state index >= 15 is 0 Å². The van der Waals surface area contributed by atoms with E-state index in [-0.39, 0.29) is 0 Å². The van der Waals surface area contributed by atoms with Crippen LogP contribution in [0.15, 0.2) is 42.0 Å². The van der Waals surface area contributed by atoms with Gasteiger partial charge in [-0.2, -0.15) is 0 Å². The quantitative estimate of drug-likeness (QED) is 0.606. The van der Waals surface area contributed by atoms with E-state index in [1.165, 1.54) is 24.8 Å². The SMILES string of the molecule is C/C=C(\CC)CCc1ccccc1. The third-order valence-corrected chi connectivity index (χ3v) is 2.44. The van der Waals surface area contributed by atoms with Gasteiger partial charge < -0.3 is 0 Å². The Morgan fingerprint density at radius 1 is 1.23 bits per heavy atom. The summed E-state index contributed by atoms with van der Waals surface area (Å²) >= 11 is 0. The van der Waals surface area contributed by atoms with Gasteiger partial charge in [0, 0.05) is 0 Å². The van der Waals surface area contributed by atoms with Crippen molar-refractivity contribution in [3.8, 4) is 0 Å². The van der Waals surface area contributed by atoms with Gasteiger partial charge in [0.1, 0.15) is 0 Å². The fourth-order valence-corrected chi connectivity index (χ4v) is 1.47. The van der Waals surface area contributed by atoms with Gasteiger partial charge in [-0.3, -0.25) is 0 Å². The zero-order chi connectivity index (χ0) is 9.52. The van der Waals surface area contributed by atoms with Gasteiger partial charge >= 0.3 is 0 Å². The summed E-state index contributed by atoms with van der Waals surface area (Å²) in [4.78, 5) is 0. The van der Waals surface area contributed by atoms with E-state index in [0.717, 1.165) is 0 Å². The molecule has 0 heteroatoms. The van der Waals surface area contributed by atoms with Crippen LogP contribution in [0.5, 0.6) is 0 Å². The zero-order valence-electron chi connectivity index (χ0n) is 8.59. The zero-order valence-corrected chi connectivity index (χ0v) is 8.59. The molecule has 0 saturated carbocycles. The molecule has 0 atom stereocenters. The van der Waals surface area contributed by atoms with E-state index in [1.54, 1.807) is 5.57 Å². The number of allylic oxidation sites excluding steroid dienone is 2. The maximum atomic E-state index is 2.24. The molecule has 0 N–H and O–H groups in total. The molecule has 0 aromatic heterocycles. The molecule has 70 valence electrons. The van der Waals surface area contributed by atoms with Gasteiger partial charge in [0.2, 0.25) is 0 Å². The van der Waals surface area contributed by atoms with E-state index in [2.05, 4.69) is 50.3 Å². The van der Waals surface area contributed by atoms with Gasteiger partial charge in [-0.1, -0.05) is 48.9 Å². The summed E-state index contributed by atoms with van der Waals surface area (Å²) in [5.74, 6) is 0. The second-order valence-electron chi connectivity index (χ2n) is 3.29. The van der Waals surface area contributed by atoms with Crippen LogP contribution >= 0.6 is 0 Å². The van der Waals surface area contributed by atoms with E-state index in [1.807, 2.05) is 0 Å². The van der Waals surface area contributed by atoms with Crippen LogP contribution in [0.1, 0.15) is 32.3 Å². The normalized spacial score (nSPS) is 11.7. The highest BCUT2D eigenvalue weighted by Gasteiger charge is 1.94. The largest absolute Gasteiger partial charge is 0.0885 e. The Labute approximate surface area is 81.3 Å². The predicted octanol–water partition coefficient (Wildman–Crippen LogP) is 3.98. The van der Waals surface area contributed by atoms with Gasteiger partial charge in [-0.25, -0.2) is 0 Å². The molecule has 0 heterocycles. The van der Waals surface area contributed by atoms with E-state index in [0.29, 0.717) is 0 Å². The van der Waals surface area contributed by atoms with Crippen LogP contribution in [0, 0.1) is 0 Å². The Hall–Kier alpha value is -1.04. The van der Waals surface area contributed by atoms with Gasteiger partial charge in [-0.05, 0) is 31.7 Å². The molecule has 0 spiro atoms. The molecule has 1 aromatic carbocycles. The Morgan fingerprint density at radius 2 is 1.92 bits per heavy atom. The maximum Gasteiger partial charge on any atom is -0.0241 e. The number of hydrogen-bond donors (Lipinski definition) is 0. The van der Waals surface area contributed by atoms with Crippen LogP contribution in [-0.4, -0.2) is 0 Å². The van der Waals surface area contributed by atoms with Crippen molar-refractivity contribution in [1.82, 2.24) is 0 Å². The molecule has 1 rings (SSSR count). The molecular weight excluding hydrogens is 156 g/mol. The van der Waals surface area contributed by atoms with E-state index in [9.17, 15) is 0 Å². The summed E-state index contributed by atoms with van der Waals surface area (Å²) in [7, 11) is 0. The van der Waals surface area contributed by atoms with E-state index in [4.69, 9.17) is 0 Å². The number of rotatable bonds is 4. The summed E-state index contributed by atoms with van der Waals surface area (Å²) in [6.45, 7) is 4.35. The highest BCUT2D eigenvalue weighted by atomic mass is 14.0. The smallest absolute Gasteiger partial charge is 0.0241 e. The third-order valence-electron chi connectivity index (χ3n) is 2.44.